The Morgan fingerprint density at radius 1 is 1.23 bits per heavy atom. The molecule has 0 atom stereocenters. The zero-order valence-corrected chi connectivity index (χ0v) is 7.74. The fraction of sp³-hybridized carbons (Fsp3) is 0.182. The summed E-state index contributed by atoms with van der Waals surface area (Å²) in [4.78, 5) is 11.5. The molecular formula is C11H11NO. The van der Waals surface area contributed by atoms with Crippen molar-refractivity contribution in [2.45, 2.75) is 6.92 Å². The van der Waals surface area contributed by atoms with Crippen LogP contribution in [0, 0.1) is 6.92 Å². The molecule has 1 aromatic heterocycles. The van der Waals surface area contributed by atoms with Gasteiger partial charge in [0, 0.05) is 24.7 Å². The number of nitrogens with zero attached hydrogens (tertiary/aromatic N) is 1. The lowest BCUT2D eigenvalue weighted by atomic mass is 10.1. The van der Waals surface area contributed by atoms with E-state index >= 15 is 0 Å². The third-order valence-corrected chi connectivity index (χ3v) is 2.25. The van der Waals surface area contributed by atoms with E-state index < -0.39 is 0 Å². The van der Waals surface area contributed by atoms with Crippen LogP contribution in [0.3, 0.4) is 0 Å². The van der Waals surface area contributed by atoms with E-state index in [-0.39, 0.29) is 5.43 Å². The number of fused-ring (bicyclic) bond motifs is 1. The maximum absolute atomic E-state index is 11.5. The molecule has 0 aliphatic rings. The Bertz CT molecular complexity index is 511. The molecule has 2 rings (SSSR count). The van der Waals surface area contributed by atoms with Gasteiger partial charge in [-0.15, -0.1) is 0 Å². The van der Waals surface area contributed by atoms with Crippen LogP contribution in [0.1, 0.15) is 5.56 Å². The maximum Gasteiger partial charge on any atom is 0.189 e. The molecule has 66 valence electrons. The van der Waals surface area contributed by atoms with Gasteiger partial charge in [-0.2, -0.15) is 0 Å². The summed E-state index contributed by atoms with van der Waals surface area (Å²) in [6.07, 6.45) is 1.79. The lowest BCUT2D eigenvalue weighted by molar-refractivity contribution is 0.950. The largest absolute Gasteiger partial charge is 0.350 e. The molecule has 0 bridgehead atoms. The highest BCUT2D eigenvalue weighted by atomic mass is 16.1. The number of pyridine rings is 1. The van der Waals surface area contributed by atoms with Crippen LogP contribution in [-0.2, 0) is 7.05 Å². The molecule has 2 aromatic rings. The highest BCUT2D eigenvalue weighted by Crippen LogP contribution is 2.10. The molecule has 1 heterocycles. The van der Waals surface area contributed by atoms with Crippen LogP contribution < -0.4 is 5.43 Å². The molecule has 0 radical (unpaired) electrons. The van der Waals surface area contributed by atoms with Crippen molar-refractivity contribution in [1.82, 2.24) is 4.57 Å². The third-order valence-electron chi connectivity index (χ3n) is 2.25. The number of hydrogen-bond acceptors (Lipinski definition) is 1. The van der Waals surface area contributed by atoms with Crippen LogP contribution in [0.4, 0.5) is 0 Å². The minimum Gasteiger partial charge on any atom is -0.350 e. The lowest BCUT2D eigenvalue weighted by Gasteiger charge is -2.04. The summed E-state index contributed by atoms with van der Waals surface area (Å²) in [6.45, 7) is 1.99. The Kier molecular flexibility index (Phi) is 1.69. The van der Waals surface area contributed by atoms with Gasteiger partial charge < -0.3 is 4.57 Å². The molecular weight excluding hydrogens is 162 g/mol. The summed E-state index contributed by atoms with van der Waals surface area (Å²) in [6, 6.07) is 7.52. The first kappa shape index (κ1) is 8.05. The van der Waals surface area contributed by atoms with E-state index in [9.17, 15) is 4.79 Å². The van der Waals surface area contributed by atoms with Gasteiger partial charge in [0.1, 0.15) is 0 Å². The molecule has 0 unspecified atom stereocenters. The fourth-order valence-electron chi connectivity index (χ4n) is 1.50. The van der Waals surface area contributed by atoms with Crippen LogP contribution in [0.25, 0.3) is 10.9 Å². The van der Waals surface area contributed by atoms with E-state index in [1.54, 1.807) is 12.3 Å². The van der Waals surface area contributed by atoms with E-state index in [0.29, 0.717) is 0 Å². The van der Waals surface area contributed by atoms with E-state index in [1.807, 2.05) is 36.7 Å². The van der Waals surface area contributed by atoms with Gasteiger partial charge in [0.2, 0.25) is 0 Å². The first-order valence-corrected chi connectivity index (χ1v) is 4.24. The fourth-order valence-corrected chi connectivity index (χ4v) is 1.50. The summed E-state index contributed by atoms with van der Waals surface area (Å²) in [5.41, 5.74) is 2.20. The Hall–Kier alpha value is -1.57. The van der Waals surface area contributed by atoms with Crippen LogP contribution in [-0.4, -0.2) is 4.57 Å². The molecule has 0 saturated heterocycles. The Morgan fingerprint density at radius 3 is 2.77 bits per heavy atom. The van der Waals surface area contributed by atoms with Crippen LogP contribution in [0.15, 0.2) is 35.3 Å². The summed E-state index contributed by atoms with van der Waals surface area (Å²) in [5, 5.41) is 0.796. The minimum absolute atomic E-state index is 0.0943. The topological polar surface area (TPSA) is 22.0 Å². The molecule has 0 fully saturated rings. The molecule has 1 aromatic carbocycles. The molecule has 0 N–H and O–H groups in total. The second-order valence-corrected chi connectivity index (χ2v) is 3.31. The van der Waals surface area contributed by atoms with Crippen LogP contribution >= 0.6 is 0 Å². The Labute approximate surface area is 76.4 Å². The van der Waals surface area contributed by atoms with Gasteiger partial charge in [0.05, 0.1) is 5.52 Å². The van der Waals surface area contributed by atoms with Gasteiger partial charge in [-0.1, -0.05) is 11.6 Å². The molecule has 0 spiro atoms. The molecule has 0 aliphatic carbocycles. The normalized spacial score (nSPS) is 10.6. The van der Waals surface area contributed by atoms with E-state index in [2.05, 4.69) is 0 Å². The van der Waals surface area contributed by atoms with Crippen molar-refractivity contribution in [3.63, 3.8) is 0 Å². The molecule has 2 nitrogen and oxygen atoms in total. The second-order valence-electron chi connectivity index (χ2n) is 3.31. The highest BCUT2D eigenvalue weighted by molar-refractivity contribution is 5.79. The predicted octanol–water partition coefficient (Wildman–Crippen LogP) is 1.85. The van der Waals surface area contributed by atoms with Crippen molar-refractivity contribution in [2.75, 3.05) is 0 Å². The highest BCUT2D eigenvalue weighted by Gasteiger charge is 1.99. The smallest absolute Gasteiger partial charge is 0.189 e. The van der Waals surface area contributed by atoms with Crippen molar-refractivity contribution in [3.05, 3.63) is 46.2 Å². The van der Waals surface area contributed by atoms with Gasteiger partial charge >= 0.3 is 0 Å². The predicted molar refractivity (Wildman–Crippen MR) is 53.9 cm³/mol. The van der Waals surface area contributed by atoms with E-state index in [0.717, 1.165) is 16.5 Å². The van der Waals surface area contributed by atoms with Gasteiger partial charge in [0.25, 0.3) is 0 Å². The van der Waals surface area contributed by atoms with Gasteiger partial charge in [-0.25, -0.2) is 0 Å². The van der Waals surface area contributed by atoms with E-state index in [4.69, 9.17) is 0 Å². The summed E-state index contributed by atoms with van der Waals surface area (Å²) < 4.78 is 1.95. The maximum atomic E-state index is 11.5. The van der Waals surface area contributed by atoms with Crippen molar-refractivity contribution in [2.24, 2.45) is 7.05 Å². The lowest BCUT2D eigenvalue weighted by Crippen LogP contribution is -2.04. The van der Waals surface area contributed by atoms with Gasteiger partial charge in [-0.05, 0) is 19.1 Å². The monoisotopic (exact) mass is 173 g/mol. The van der Waals surface area contributed by atoms with Crippen molar-refractivity contribution in [3.8, 4) is 0 Å². The Morgan fingerprint density at radius 2 is 2.00 bits per heavy atom. The van der Waals surface area contributed by atoms with Gasteiger partial charge in [-0.3, -0.25) is 4.79 Å². The molecule has 0 saturated carbocycles. The number of hydrogen-bond donors (Lipinski definition) is 0. The van der Waals surface area contributed by atoms with Crippen molar-refractivity contribution < 1.29 is 0 Å². The third kappa shape index (κ3) is 1.24. The minimum atomic E-state index is 0.0943. The zero-order valence-electron chi connectivity index (χ0n) is 7.74. The number of rotatable bonds is 0. The van der Waals surface area contributed by atoms with Crippen LogP contribution in [0.5, 0.6) is 0 Å². The molecule has 13 heavy (non-hydrogen) atoms. The van der Waals surface area contributed by atoms with Crippen LogP contribution in [0.2, 0.25) is 0 Å². The average molecular weight is 173 g/mol. The number of aromatic nitrogens is 1. The SMILES string of the molecule is Cc1ccc2c(c1)c(=O)ccn2C. The zero-order chi connectivity index (χ0) is 9.42. The van der Waals surface area contributed by atoms with Crippen molar-refractivity contribution >= 4 is 10.9 Å². The molecule has 0 aliphatic heterocycles. The molecule has 2 heteroatoms. The van der Waals surface area contributed by atoms with Crippen molar-refractivity contribution in [1.29, 1.82) is 0 Å². The van der Waals surface area contributed by atoms with Gasteiger partial charge in [0.15, 0.2) is 5.43 Å². The first-order chi connectivity index (χ1) is 6.18. The summed E-state index contributed by atoms with van der Waals surface area (Å²) in [5.74, 6) is 0. The average Bonchev–Trinajstić information content (AvgIpc) is 2.12. The standard InChI is InChI=1S/C11H11NO/c1-8-3-4-10-9(7-8)11(13)5-6-12(10)2/h3-7H,1-2H3. The second kappa shape index (κ2) is 2.73. The number of aryl methyl sites for hydroxylation is 2. The van der Waals surface area contributed by atoms with E-state index in [1.165, 1.54) is 0 Å². The Balaban J connectivity index is 3.01. The number of benzene rings is 1. The summed E-state index contributed by atoms with van der Waals surface area (Å²) >= 11 is 0. The quantitative estimate of drug-likeness (QED) is 0.596. The molecule has 0 amide bonds. The first-order valence-electron chi connectivity index (χ1n) is 4.24. The summed E-state index contributed by atoms with van der Waals surface area (Å²) in [7, 11) is 1.94.